The second-order valence-corrected chi connectivity index (χ2v) is 7.26. The lowest BCUT2D eigenvalue weighted by Crippen LogP contribution is -2.51. The Morgan fingerprint density at radius 2 is 2.16 bits per heavy atom. The first-order valence-electron chi connectivity index (χ1n) is 9.09. The highest BCUT2D eigenvalue weighted by Gasteiger charge is 2.49. The molecule has 7 nitrogen and oxygen atoms in total. The summed E-state index contributed by atoms with van der Waals surface area (Å²) in [6.07, 6.45) is 6.84. The second-order valence-electron chi connectivity index (χ2n) is 7.26. The Labute approximate surface area is 148 Å². The molecule has 7 heteroatoms. The molecule has 2 amide bonds. The molecule has 0 aromatic carbocycles. The summed E-state index contributed by atoms with van der Waals surface area (Å²) in [5.74, 6) is 0.320. The minimum absolute atomic E-state index is 0.117. The van der Waals surface area contributed by atoms with Gasteiger partial charge < -0.3 is 14.5 Å². The summed E-state index contributed by atoms with van der Waals surface area (Å²) in [5.41, 5.74) is 0.723. The van der Waals surface area contributed by atoms with Gasteiger partial charge in [0.1, 0.15) is 0 Å². The fourth-order valence-electron chi connectivity index (χ4n) is 3.99. The van der Waals surface area contributed by atoms with Crippen LogP contribution in [-0.2, 0) is 20.9 Å². The molecule has 0 bridgehead atoms. The van der Waals surface area contributed by atoms with E-state index in [4.69, 9.17) is 4.74 Å². The Kier molecular flexibility index (Phi) is 5.42. The fourth-order valence-corrected chi connectivity index (χ4v) is 3.99. The van der Waals surface area contributed by atoms with E-state index in [1.165, 1.54) is 0 Å². The van der Waals surface area contributed by atoms with Crippen LogP contribution in [0.5, 0.6) is 0 Å². The van der Waals surface area contributed by atoms with Crippen molar-refractivity contribution in [2.75, 3.05) is 39.9 Å². The minimum atomic E-state index is -0.371. The first-order chi connectivity index (χ1) is 12.0. The van der Waals surface area contributed by atoms with Crippen LogP contribution in [0.3, 0.4) is 0 Å². The van der Waals surface area contributed by atoms with Crippen LogP contribution in [0, 0.1) is 12.3 Å². The van der Waals surface area contributed by atoms with Crippen molar-refractivity contribution in [1.82, 2.24) is 19.6 Å². The maximum Gasteiger partial charge on any atom is 0.230 e. The molecule has 25 heavy (non-hydrogen) atoms. The summed E-state index contributed by atoms with van der Waals surface area (Å²) in [7, 11) is 1.65. The number of hydrogen-bond donors (Lipinski definition) is 0. The highest BCUT2D eigenvalue weighted by atomic mass is 16.5. The van der Waals surface area contributed by atoms with E-state index in [2.05, 4.69) is 5.10 Å². The van der Waals surface area contributed by atoms with Gasteiger partial charge in [-0.2, -0.15) is 5.10 Å². The van der Waals surface area contributed by atoms with Gasteiger partial charge in [0.15, 0.2) is 0 Å². The number of aromatic nitrogens is 2. The van der Waals surface area contributed by atoms with E-state index in [1.54, 1.807) is 18.0 Å². The number of amides is 2. The number of likely N-dealkylation sites (tertiary alicyclic amines) is 2. The van der Waals surface area contributed by atoms with E-state index >= 15 is 0 Å². The zero-order chi connectivity index (χ0) is 17.9. The highest BCUT2D eigenvalue weighted by Crippen LogP contribution is 2.40. The first kappa shape index (κ1) is 17.9. The van der Waals surface area contributed by atoms with Gasteiger partial charge in [-0.3, -0.25) is 14.3 Å². The Hall–Kier alpha value is -1.89. The van der Waals surface area contributed by atoms with Crippen molar-refractivity contribution in [3.8, 4) is 0 Å². The molecule has 2 aliphatic rings. The van der Waals surface area contributed by atoms with Crippen LogP contribution in [0.2, 0.25) is 0 Å². The molecule has 1 spiro atoms. The third-order valence-electron chi connectivity index (χ3n) is 5.41. The summed E-state index contributed by atoms with van der Waals surface area (Å²) in [5, 5.41) is 4.22. The van der Waals surface area contributed by atoms with Crippen molar-refractivity contribution in [2.45, 2.75) is 39.2 Å². The molecule has 2 fully saturated rings. The molecule has 0 radical (unpaired) electrons. The van der Waals surface area contributed by atoms with Gasteiger partial charge in [-0.1, -0.05) is 0 Å². The quantitative estimate of drug-likeness (QED) is 0.771. The first-order valence-corrected chi connectivity index (χ1v) is 9.09. The number of nitrogens with zero attached hydrogens (tertiary/aromatic N) is 4. The van der Waals surface area contributed by atoms with Crippen LogP contribution in [0.4, 0.5) is 0 Å². The van der Waals surface area contributed by atoms with E-state index in [-0.39, 0.29) is 17.2 Å². The Bertz CT molecular complexity index is 630. The van der Waals surface area contributed by atoms with E-state index in [0.29, 0.717) is 39.2 Å². The van der Waals surface area contributed by atoms with Gasteiger partial charge in [0, 0.05) is 52.5 Å². The molecular weight excluding hydrogens is 320 g/mol. The Morgan fingerprint density at radius 1 is 1.32 bits per heavy atom. The van der Waals surface area contributed by atoms with Crippen LogP contribution >= 0.6 is 0 Å². The molecule has 3 rings (SSSR count). The molecule has 3 heterocycles. The van der Waals surface area contributed by atoms with Gasteiger partial charge >= 0.3 is 0 Å². The average Bonchev–Trinajstić information content (AvgIpc) is 3.21. The lowest BCUT2D eigenvalue weighted by Gasteiger charge is -2.39. The number of carbonyl (C=O) groups is 2. The molecule has 138 valence electrons. The SMILES string of the molecule is COCCN1CCCC2(CCN(C(=O)CCn3cc(C)cn3)C2)C1=O. The standard InChI is InChI=1S/C18H28N4O3/c1-15-12-19-22(13-15)8-4-16(23)21-9-6-18(14-21)5-3-7-20(17(18)24)10-11-25-2/h12-13H,3-11,14H2,1-2H3. The van der Waals surface area contributed by atoms with E-state index in [1.807, 2.05) is 22.9 Å². The number of aryl methyl sites for hydroxylation is 2. The summed E-state index contributed by atoms with van der Waals surface area (Å²) in [4.78, 5) is 29.3. The number of piperidine rings is 1. The largest absolute Gasteiger partial charge is 0.383 e. The predicted octanol–water partition coefficient (Wildman–Crippen LogP) is 1.07. The third kappa shape index (κ3) is 3.86. The summed E-state index contributed by atoms with van der Waals surface area (Å²) < 4.78 is 6.92. The van der Waals surface area contributed by atoms with Crippen LogP contribution in [0.25, 0.3) is 0 Å². The van der Waals surface area contributed by atoms with Crippen LogP contribution in [0.15, 0.2) is 12.4 Å². The molecular formula is C18H28N4O3. The number of methoxy groups -OCH3 is 1. The van der Waals surface area contributed by atoms with Crippen molar-refractivity contribution in [3.63, 3.8) is 0 Å². The molecule has 1 aromatic rings. The smallest absolute Gasteiger partial charge is 0.230 e. The Morgan fingerprint density at radius 3 is 2.88 bits per heavy atom. The van der Waals surface area contributed by atoms with Crippen LogP contribution in [-0.4, -0.2) is 71.3 Å². The molecule has 0 saturated carbocycles. The minimum Gasteiger partial charge on any atom is -0.383 e. The topological polar surface area (TPSA) is 67.7 Å². The van der Waals surface area contributed by atoms with E-state index in [9.17, 15) is 9.59 Å². The number of rotatable bonds is 6. The third-order valence-corrected chi connectivity index (χ3v) is 5.41. The average molecular weight is 348 g/mol. The lowest BCUT2D eigenvalue weighted by molar-refractivity contribution is -0.146. The molecule has 2 saturated heterocycles. The number of hydrogen-bond acceptors (Lipinski definition) is 4. The summed E-state index contributed by atoms with van der Waals surface area (Å²) >= 11 is 0. The van der Waals surface area contributed by atoms with Crippen molar-refractivity contribution in [1.29, 1.82) is 0 Å². The maximum atomic E-state index is 12.9. The van der Waals surface area contributed by atoms with Gasteiger partial charge in [-0.05, 0) is 31.7 Å². The van der Waals surface area contributed by atoms with Gasteiger partial charge in [0.25, 0.3) is 0 Å². The van der Waals surface area contributed by atoms with E-state index in [0.717, 1.165) is 31.4 Å². The van der Waals surface area contributed by atoms with Crippen LogP contribution in [0.1, 0.15) is 31.2 Å². The predicted molar refractivity (Wildman–Crippen MR) is 92.9 cm³/mol. The monoisotopic (exact) mass is 348 g/mol. The van der Waals surface area contributed by atoms with E-state index < -0.39 is 0 Å². The summed E-state index contributed by atoms with van der Waals surface area (Å²) in [6.45, 7) is 5.82. The van der Waals surface area contributed by atoms with Crippen molar-refractivity contribution in [2.24, 2.45) is 5.41 Å². The number of ether oxygens (including phenoxy) is 1. The molecule has 0 aliphatic carbocycles. The van der Waals surface area contributed by atoms with Crippen molar-refractivity contribution >= 4 is 11.8 Å². The molecule has 2 aliphatic heterocycles. The van der Waals surface area contributed by atoms with Crippen molar-refractivity contribution < 1.29 is 14.3 Å². The molecule has 1 aromatic heterocycles. The zero-order valence-corrected chi connectivity index (χ0v) is 15.2. The highest BCUT2D eigenvalue weighted by molar-refractivity contribution is 5.86. The molecule has 1 atom stereocenters. The van der Waals surface area contributed by atoms with Gasteiger partial charge in [-0.25, -0.2) is 0 Å². The molecule has 0 N–H and O–H groups in total. The zero-order valence-electron chi connectivity index (χ0n) is 15.2. The lowest BCUT2D eigenvalue weighted by atomic mass is 9.78. The fraction of sp³-hybridized carbons (Fsp3) is 0.722. The molecule has 1 unspecified atom stereocenters. The summed E-state index contributed by atoms with van der Waals surface area (Å²) in [6, 6.07) is 0. The van der Waals surface area contributed by atoms with Gasteiger partial charge in [0.05, 0.1) is 18.2 Å². The van der Waals surface area contributed by atoms with Crippen molar-refractivity contribution in [3.05, 3.63) is 18.0 Å². The normalized spacial score (nSPS) is 23.7. The second kappa shape index (κ2) is 7.56. The van der Waals surface area contributed by atoms with Crippen LogP contribution < -0.4 is 0 Å². The van der Waals surface area contributed by atoms with Gasteiger partial charge in [0.2, 0.25) is 11.8 Å². The number of carbonyl (C=O) groups excluding carboxylic acids is 2. The van der Waals surface area contributed by atoms with Gasteiger partial charge in [-0.15, -0.1) is 0 Å². The maximum absolute atomic E-state index is 12.9. The Balaban J connectivity index is 1.56.